The summed E-state index contributed by atoms with van der Waals surface area (Å²) in [5.74, 6) is -0.386. The van der Waals surface area contributed by atoms with Crippen molar-refractivity contribution in [1.82, 2.24) is 9.88 Å². The molecule has 0 fully saturated rings. The van der Waals surface area contributed by atoms with E-state index in [-0.39, 0.29) is 12.6 Å². The Balaban J connectivity index is 2.61. The van der Waals surface area contributed by atoms with Crippen LogP contribution >= 0.6 is 0 Å². The molecule has 0 saturated carbocycles. The maximum absolute atomic E-state index is 11.1. The van der Waals surface area contributed by atoms with E-state index in [2.05, 4.69) is 9.72 Å². The third-order valence-electron chi connectivity index (χ3n) is 2.16. The Kier molecular flexibility index (Phi) is 4.88. The van der Waals surface area contributed by atoms with E-state index in [0.717, 1.165) is 5.69 Å². The molecule has 0 spiro atoms. The molecule has 0 amide bonds. The highest BCUT2D eigenvalue weighted by molar-refractivity contribution is 5.88. The molecular weight excluding hydrogens is 208 g/mol. The number of likely N-dealkylation sites (N-methyl/N-ethyl adjacent to an activating group) is 1. The number of carbonyl (C=O) groups excluding carboxylic acids is 1. The minimum Gasteiger partial charge on any atom is -0.465 e. The van der Waals surface area contributed by atoms with Gasteiger partial charge in [-0.1, -0.05) is 0 Å². The summed E-state index contributed by atoms with van der Waals surface area (Å²) < 4.78 is 4.57. The summed E-state index contributed by atoms with van der Waals surface area (Å²) >= 11 is 0. The van der Waals surface area contributed by atoms with Crippen LogP contribution in [0.1, 0.15) is 16.1 Å². The zero-order valence-electron chi connectivity index (χ0n) is 9.51. The SMILES string of the molecule is COC(=O)c1ccc(CN(C)CCO)nc1. The number of methoxy groups -OCH3 is 1. The highest BCUT2D eigenvalue weighted by Crippen LogP contribution is 2.03. The van der Waals surface area contributed by atoms with Gasteiger partial charge in [-0.05, 0) is 19.2 Å². The smallest absolute Gasteiger partial charge is 0.339 e. The first kappa shape index (κ1) is 12.6. The van der Waals surface area contributed by atoms with E-state index in [0.29, 0.717) is 18.7 Å². The topological polar surface area (TPSA) is 62.7 Å². The number of hydrogen-bond acceptors (Lipinski definition) is 5. The molecule has 0 unspecified atom stereocenters. The third-order valence-corrected chi connectivity index (χ3v) is 2.16. The van der Waals surface area contributed by atoms with Gasteiger partial charge in [0.15, 0.2) is 0 Å². The van der Waals surface area contributed by atoms with Gasteiger partial charge in [0.1, 0.15) is 0 Å². The van der Waals surface area contributed by atoms with Crippen molar-refractivity contribution in [3.8, 4) is 0 Å². The van der Waals surface area contributed by atoms with Crippen molar-refractivity contribution in [2.75, 3.05) is 27.3 Å². The molecule has 1 aromatic rings. The first-order valence-corrected chi connectivity index (χ1v) is 5.00. The van der Waals surface area contributed by atoms with Crippen molar-refractivity contribution >= 4 is 5.97 Å². The zero-order chi connectivity index (χ0) is 12.0. The standard InChI is InChI=1S/C11H16N2O3/c1-13(5-6-14)8-10-4-3-9(7-12-10)11(15)16-2/h3-4,7,14H,5-6,8H2,1-2H3. The summed E-state index contributed by atoms with van der Waals surface area (Å²) in [6.45, 7) is 1.36. The van der Waals surface area contributed by atoms with Crippen molar-refractivity contribution in [3.05, 3.63) is 29.6 Å². The number of aliphatic hydroxyl groups excluding tert-OH is 1. The Hall–Kier alpha value is -1.46. The quantitative estimate of drug-likeness (QED) is 0.728. The largest absolute Gasteiger partial charge is 0.465 e. The maximum Gasteiger partial charge on any atom is 0.339 e. The lowest BCUT2D eigenvalue weighted by atomic mass is 10.2. The van der Waals surface area contributed by atoms with Gasteiger partial charge in [0.2, 0.25) is 0 Å². The van der Waals surface area contributed by atoms with E-state index >= 15 is 0 Å². The first-order valence-electron chi connectivity index (χ1n) is 5.00. The molecule has 0 radical (unpaired) electrons. The summed E-state index contributed by atoms with van der Waals surface area (Å²) in [6.07, 6.45) is 1.49. The second-order valence-corrected chi connectivity index (χ2v) is 3.49. The van der Waals surface area contributed by atoms with E-state index in [1.807, 2.05) is 11.9 Å². The Bertz CT molecular complexity index is 338. The number of carbonyl (C=O) groups is 1. The van der Waals surface area contributed by atoms with E-state index in [1.165, 1.54) is 13.3 Å². The number of esters is 1. The summed E-state index contributed by atoms with van der Waals surface area (Å²) in [6, 6.07) is 3.46. The zero-order valence-corrected chi connectivity index (χ0v) is 9.51. The van der Waals surface area contributed by atoms with E-state index < -0.39 is 0 Å². The van der Waals surface area contributed by atoms with Crippen molar-refractivity contribution in [2.45, 2.75) is 6.54 Å². The molecule has 0 atom stereocenters. The molecule has 5 heteroatoms. The lowest BCUT2D eigenvalue weighted by Crippen LogP contribution is -2.22. The van der Waals surface area contributed by atoms with Gasteiger partial charge in [-0.3, -0.25) is 9.88 Å². The molecule has 0 aromatic carbocycles. The van der Waals surface area contributed by atoms with E-state index in [1.54, 1.807) is 12.1 Å². The Morgan fingerprint density at radius 1 is 1.56 bits per heavy atom. The fraction of sp³-hybridized carbons (Fsp3) is 0.455. The Labute approximate surface area is 94.7 Å². The maximum atomic E-state index is 11.1. The van der Waals surface area contributed by atoms with Gasteiger partial charge in [-0.25, -0.2) is 4.79 Å². The first-order chi connectivity index (χ1) is 7.67. The summed E-state index contributed by atoms with van der Waals surface area (Å²) in [4.78, 5) is 17.2. The average molecular weight is 224 g/mol. The van der Waals surface area contributed by atoms with Crippen LogP contribution in [-0.2, 0) is 11.3 Å². The summed E-state index contributed by atoms with van der Waals surface area (Å²) in [5.41, 5.74) is 1.29. The monoisotopic (exact) mass is 224 g/mol. The number of nitrogens with zero attached hydrogens (tertiary/aromatic N) is 2. The van der Waals surface area contributed by atoms with Crippen LogP contribution in [0.25, 0.3) is 0 Å². The van der Waals surface area contributed by atoms with Crippen LogP contribution in [0.15, 0.2) is 18.3 Å². The van der Waals surface area contributed by atoms with Gasteiger partial charge in [0.25, 0.3) is 0 Å². The minimum atomic E-state index is -0.386. The van der Waals surface area contributed by atoms with E-state index in [4.69, 9.17) is 5.11 Å². The second kappa shape index (κ2) is 6.19. The number of hydrogen-bond donors (Lipinski definition) is 1. The second-order valence-electron chi connectivity index (χ2n) is 3.49. The molecule has 1 aromatic heterocycles. The van der Waals surface area contributed by atoms with Crippen LogP contribution in [0, 0.1) is 0 Å². The predicted octanol–water partition coefficient (Wildman–Crippen LogP) is 0.292. The molecule has 0 aliphatic rings. The molecule has 1 heterocycles. The fourth-order valence-electron chi connectivity index (χ4n) is 1.28. The molecule has 0 aliphatic carbocycles. The fourth-order valence-corrected chi connectivity index (χ4v) is 1.28. The molecule has 16 heavy (non-hydrogen) atoms. The number of aromatic nitrogens is 1. The lowest BCUT2D eigenvalue weighted by molar-refractivity contribution is 0.0600. The Morgan fingerprint density at radius 3 is 2.81 bits per heavy atom. The number of ether oxygens (including phenoxy) is 1. The Morgan fingerprint density at radius 2 is 2.31 bits per heavy atom. The summed E-state index contributed by atoms with van der Waals surface area (Å²) in [7, 11) is 3.23. The minimum absolute atomic E-state index is 0.122. The number of pyridine rings is 1. The molecule has 1 rings (SSSR count). The van der Waals surface area contributed by atoms with E-state index in [9.17, 15) is 4.79 Å². The average Bonchev–Trinajstić information content (AvgIpc) is 2.29. The van der Waals surface area contributed by atoms with Crippen LogP contribution in [0.2, 0.25) is 0 Å². The molecule has 0 bridgehead atoms. The molecule has 1 N–H and O–H groups in total. The van der Waals surface area contributed by atoms with Crippen molar-refractivity contribution < 1.29 is 14.6 Å². The molecule has 88 valence electrons. The van der Waals surface area contributed by atoms with Gasteiger partial charge in [0.05, 0.1) is 25.0 Å². The highest BCUT2D eigenvalue weighted by atomic mass is 16.5. The summed E-state index contributed by atoms with van der Waals surface area (Å²) in [5, 5.41) is 8.74. The van der Waals surface area contributed by atoms with Crippen molar-refractivity contribution in [3.63, 3.8) is 0 Å². The normalized spacial score (nSPS) is 10.5. The predicted molar refractivity (Wildman–Crippen MR) is 59.0 cm³/mol. The van der Waals surface area contributed by atoms with Gasteiger partial charge >= 0.3 is 5.97 Å². The number of aliphatic hydroxyl groups is 1. The van der Waals surface area contributed by atoms with Gasteiger partial charge < -0.3 is 9.84 Å². The third kappa shape index (κ3) is 3.60. The molecule has 5 nitrogen and oxygen atoms in total. The van der Waals surface area contributed by atoms with Crippen LogP contribution in [0.3, 0.4) is 0 Å². The van der Waals surface area contributed by atoms with Gasteiger partial charge in [-0.15, -0.1) is 0 Å². The van der Waals surface area contributed by atoms with Crippen molar-refractivity contribution in [2.24, 2.45) is 0 Å². The van der Waals surface area contributed by atoms with Crippen LogP contribution in [0.4, 0.5) is 0 Å². The van der Waals surface area contributed by atoms with Crippen LogP contribution in [-0.4, -0.2) is 48.3 Å². The van der Waals surface area contributed by atoms with Crippen LogP contribution < -0.4 is 0 Å². The highest BCUT2D eigenvalue weighted by Gasteiger charge is 2.06. The molecule has 0 saturated heterocycles. The van der Waals surface area contributed by atoms with Gasteiger partial charge in [0, 0.05) is 19.3 Å². The van der Waals surface area contributed by atoms with Crippen molar-refractivity contribution in [1.29, 1.82) is 0 Å². The molecular formula is C11H16N2O3. The number of rotatable bonds is 5. The van der Waals surface area contributed by atoms with Crippen LogP contribution in [0.5, 0.6) is 0 Å². The lowest BCUT2D eigenvalue weighted by Gasteiger charge is -2.14. The molecule has 0 aliphatic heterocycles. The van der Waals surface area contributed by atoms with Gasteiger partial charge in [-0.2, -0.15) is 0 Å².